The molecule has 0 unspecified atom stereocenters. The average molecular weight is 389 g/mol. The van der Waals surface area contributed by atoms with E-state index < -0.39 is 0 Å². The fraction of sp³-hybridized carbons (Fsp3) is 0.379. The molecule has 156 valence electrons. The van der Waals surface area contributed by atoms with Gasteiger partial charge in [-0.05, 0) is 25.7 Å². The second kappa shape index (κ2) is 22.0. The van der Waals surface area contributed by atoms with E-state index in [4.69, 9.17) is 0 Å². The van der Waals surface area contributed by atoms with Crippen LogP contribution in [0, 0.1) is 0 Å². The lowest BCUT2D eigenvalue weighted by Crippen LogP contribution is -1.81. The SMILES string of the molecule is C1=CCCCCCCCCCCC/C=C/C=C/C=C/C=C/C=C\C=C\C=C/C=C\1. The summed E-state index contributed by atoms with van der Waals surface area (Å²) in [5.41, 5.74) is 0. The maximum absolute atomic E-state index is 2.28. The molecule has 0 heteroatoms. The monoisotopic (exact) mass is 388 g/mol. The minimum Gasteiger partial charge on any atom is -0.0845 e. The Kier molecular flexibility index (Phi) is 18.7. The van der Waals surface area contributed by atoms with Gasteiger partial charge in [-0.25, -0.2) is 0 Å². The first-order valence-electron chi connectivity index (χ1n) is 11.5. The van der Waals surface area contributed by atoms with Crippen molar-refractivity contribution >= 4 is 0 Å². The molecule has 0 N–H and O–H groups in total. The number of hydrogen-bond acceptors (Lipinski definition) is 0. The summed E-state index contributed by atoms with van der Waals surface area (Å²) in [6.07, 6.45) is 52.5. The maximum atomic E-state index is 2.28. The second-order valence-electron chi connectivity index (χ2n) is 7.31. The predicted octanol–water partition coefficient (Wildman–Crippen LogP) is 9.30. The van der Waals surface area contributed by atoms with Gasteiger partial charge in [0.05, 0.1) is 0 Å². The molecule has 0 fully saturated rings. The van der Waals surface area contributed by atoms with Gasteiger partial charge in [-0.15, -0.1) is 0 Å². The lowest BCUT2D eigenvalue weighted by Gasteiger charge is -2.01. The average Bonchev–Trinajstić information content (AvgIpc) is 2.73. The quantitative estimate of drug-likeness (QED) is 0.388. The summed E-state index contributed by atoms with van der Waals surface area (Å²) >= 11 is 0. The van der Waals surface area contributed by atoms with E-state index in [9.17, 15) is 0 Å². The fourth-order valence-corrected chi connectivity index (χ4v) is 3.01. The third-order valence-electron chi connectivity index (χ3n) is 4.68. The minimum atomic E-state index is 1.20. The molecule has 0 heterocycles. The van der Waals surface area contributed by atoms with Crippen LogP contribution in [0.3, 0.4) is 0 Å². The molecule has 0 saturated heterocycles. The molecule has 0 saturated carbocycles. The summed E-state index contributed by atoms with van der Waals surface area (Å²) in [7, 11) is 0. The Morgan fingerprint density at radius 1 is 0.207 bits per heavy atom. The molecule has 29 heavy (non-hydrogen) atoms. The molecule has 0 aromatic carbocycles. The Morgan fingerprint density at radius 2 is 0.414 bits per heavy atom. The predicted molar refractivity (Wildman–Crippen MR) is 133 cm³/mol. The molecule has 0 nitrogen and oxygen atoms in total. The van der Waals surface area contributed by atoms with Crippen LogP contribution in [0.1, 0.15) is 70.6 Å². The Bertz CT molecular complexity index is 560. The lowest BCUT2D eigenvalue weighted by molar-refractivity contribution is 0.561. The maximum Gasteiger partial charge on any atom is -0.0348 e. The van der Waals surface area contributed by atoms with Crippen molar-refractivity contribution in [3.63, 3.8) is 0 Å². The Balaban J connectivity index is 2.39. The third kappa shape index (κ3) is 20.2. The summed E-state index contributed by atoms with van der Waals surface area (Å²) in [6, 6.07) is 0. The Hall–Kier alpha value is -2.34. The Morgan fingerprint density at radius 3 is 0.690 bits per heavy atom. The van der Waals surface area contributed by atoms with Crippen LogP contribution in [0.25, 0.3) is 0 Å². The summed E-state index contributed by atoms with van der Waals surface area (Å²) in [5.74, 6) is 0. The van der Waals surface area contributed by atoms with Crippen molar-refractivity contribution in [2.75, 3.05) is 0 Å². The van der Waals surface area contributed by atoms with E-state index in [1.165, 1.54) is 70.6 Å². The van der Waals surface area contributed by atoms with Gasteiger partial charge in [-0.2, -0.15) is 0 Å². The van der Waals surface area contributed by atoms with E-state index in [0.29, 0.717) is 0 Å². The van der Waals surface area contributed by atoms with Crippen molar-refractivity contribution in [2.24, 2.45) is 0 Å². The number of hydrogen-bond donors (Lipinski definition) is 0. The lowest BCUT2D eigenvalue weighted by atomic mass is 10.1. The first-order valence-corrected chi connectivity index (χ1v) is 11.5. The molecule has 0 aromatic heterocycles. The van der Waals surface area contributed by atoms with Gasteiger partial charge in [0.2, 0.25) is 0 Å². The fourth-order valence-electron chi connectivity index (χ4n) is 3.01. The smallest absolute Gasteiger partial charge is 0.0348 e. The van der Waals surface area contributed by atoms with E-state index in [0.717, 1.165) is 0 Å². The van der Waals surface area contributed by atoms with Crippen molar-refractivity contribution in [1.82, 2.24) is 0 Å². The summed E-state index contributed by atoms with van der Waals surface area (Å²) in [5, 5.41) is 0. The van der Waals surface area contributed by atoms with E-state index in [1.54, 1.807) is 0 Å². The molecular formula is C29H40. The van der Waals surface area contributed by atoms with Crippen LogP contribution in [-0.4, -0.2) is 0 Å². The van der Waals surface area contributed by atoms with Crippen molar-refractivity contribution in [2.45, 2.75) is 70.6 Å². The molecule has 0 amide bonds. The largest absolute Gasteiger partial charge is 0.0845 e. The van der Waals surface area contributed by atoms with Gasteiger partial charge in [-0.3, -0.25) is 0 Å². The zero-order chi connectivity index (χ0) is 20.5. The molecule has 1 aliphatic carbocycles. The highest BCUT2D eigenvalue weighted by Crippen LogP contribution is 2.11. The molecular weight excluding hydrogens is 348 g/mol. The van der Waals surface area contributed by atoms with Crippen molar-refractivity contribution in [3.05, 3.63) is 109 Å². The van der Waals surface area contributed by atoms with Crippen LogP contribution in [0.2, 0.25) is 0 Å². The van der Waals surface area contributed by atoms with Crippen molar-refractivity contribution in [3.8, 4) is 0 Å². The summed E-state index contributed by atoms with van der Waals surface area (Å²) < 4.78 is 0. The second-order valence-corrected chi connectivity index (χ2v) is 7.31. The normalized spacial score (nSPS) is 27.9. The first kappa shape index (κ1) is 24.7. The van der Waals surface area contributed by atoms with E-state index in [1.807, 2.05) is 48.6 Å². The third-order valence-corrected chi connectivity index (χ3v) is 4.68. The highest BCUT2D eigenvalue weighted by Gasteiger charge is 1.92. The zero-order valence-electron chi connectivity index (χ0n) is 18.2. The van der Waals surface area contributed by atoms with Crippen LogP contribution in [0.15, 0.2) is 109 Å². The van der Waals surface area contributed by atoms with Gasteiger partial charge in [0, 0.05) is 0 Å². The van der Waals surface area contributed by atoms with E-state index >= 15 is 0 Å². The molecule has 0 radical (unpaired) electrons. The van der Waals surface area contributed by atoms with Crippen LogP contribution >= 0.6 is 0 Å². The van der Waals surface area contributed by atoms with Crippen molar-refractivity contribution < 1.29 is 0 Å². The molecule has 1 aliphatic rings. The van der Waals surface area contributed by atoms with Crippen LogP contribution in [-0.2, 0) is 0 Å². The standard InChI is InChI=1S/C29H40/c1-2-4-6-8-10-12-14-16-18-20-22-24-26-28-29-27-25-23-21-19-17-15-13-11-9-7-5-3-1/h1-18H,19-29H2/b2-1-,5-3+,6-4+,9-7-,10-8+,13-11-,14-12+,17-15?,18-16+. The molecule has 0 atom stereocenters. The van der Waals surface area contributed by atoms with Crippen LogP contribution in [0.4, 0.5) is 0 Å². The van der Waals surface area contributed by atoms with Gasteiger partial charge in [-0.1, -0.05) is 154 Å². The van der Waals surface area contributed by atoms with Crippen LogP contribution < -0.4 is 0 Å². The Labute approximate surface area is 180 Å². The molecule has 0 aromatic rings. The minimum absolute atomic E-state index is 1.20. The summed E-state index contributed by atoms with van der Waals surface area (Å²) in [4.78, 5) is 0. The van der Waals surface area contributed by atoms with Crippen molar-refractivity contribution in [1.29, 1.82) is 0 Å². The van der Waals surface area contributed by atoms with E-state index in [-0.39, 0.29) is 0 Å². The first-order chi connectivity index (χ1) is 14.5. The van der Waals surface area contributed by atoms with Gasteiger partial charge >= 0.3 is 0 Å². The molecule has 1 rings (SSSR count). The highest BCUT2D eigenvalue weighted by molar-refractivity contribution is 5.21. The van der Waals surface area contributed by atoms with E-state index in [2.05, 4.69) is 60.8 Å². The van der Waals surface area contributed by atoms with Gasteiger partial charge in [0.1, 0.15) is 0 Å². The molecule has 0 spiro atoms. The molecule has 0 aliphatic heterocycles. The van der Waals surface area contributed by atoms with Gasteiger partial charge in [0.25, 0.3) is 0 Å². The van der Waals surface area contributed by atoms with Gasteiger partial charge < -0.3 is 0 Å². The zero-order valence-corrected chi connectivity index (χ0v) is 18.2. The van der Waals surface area contributed by atoms with Crippen LogP contribution in [0.5, 0.6) is 0 Å². The number of allylic oxidation sites excluding steroid dienone is 18. The van der Waals surface area contributed by atoms with Gasteiger partial charge in [0.15, 0.2) is 0 Å². The topological polar surface area (TPSA) is 0 Å². The molecule has 0 bridgehead atoms. The summed E-state index contributed by atoms with van der Waals surface area (Å²) in [6.45, 7) is 0. The highest BCUT2D eigenvalue weighted by atomic mass is 14.0. The number of rotatable bonds is 0.